The highest BCUT2D eigenvalue weighted by Crippen LogP contribution is 2.15. The predicted molar refractivity (Wildman–Crippen MR) is 67.3 cm³/mol. The molecule has 4 nitrogen and oxygen atoms in total. The maximum absolute atomic E-state index is 5.75. The zero-order chi connectivity index (χ0) is 12.1. The van der Waals surface area contributed by atoms with E-state index in [4.69, 9.17) is 21.1 Å². The van der Waals surface area contributed by atoms with Gasteiger partial charge < -0.3 is 9.47 Å². The fourth-order valence-corrected chi connectivity index (χ4v) is 1.39. The lowest BCUT2D eigenvalue weighted by Crippen LogP contribution is -2.07. The van der Waals surface area contributed by atoms with E-state index in [0.29, 0.717) is 10.8 Å². The fraction of sp³-hybridized carbons (Fsp3) is 0.0909. The fourth-order valence-electron chi connectivity index (χ4n) is 1.06. The molecule has 0 aliphatic heterocycles. The van der Waals surface area contributed by atoms with Gasteiger partial charge in [-0.3, -0.25) is 0 Å². The average Bonchev–Trinajstić information content (AvgIpc) is 2.34. The molecule has 0 saturated carbocycles. The molecular weight excluding hydrogens is 307 g/mol. The number of nitrogens with zero attached hydrogens (tertiary/aromatic N) is 2. The van der Waals surface area contributed by atoms with Gasteiger partial charge in [-0.05, 0) is 40.2 Å². The summed E-state index contributed by atoms with van der Waals surface area (Å²) >= 11 is 8.98. The maximum atomic E-state index is 5.75. The summed E-state index contributed by atoms with van der Waals surface area (Å²) in [5, 5.41) is 0.662. The number of hydrogen-bond donors (Lipinski definition) is 0. The second-order valence-corrected chi connectivity index (χ2v) is 4.40. The molecule has 0 saturated heterocycles. The van der Waals surface area contributed by atoms with E-state index in [1.165, 1.54) is 0 Å². The van der Waals surface area contributed by atoms with Crippen LogP contribution in [0.5, 0.6) is 11.8 Å². The molecule has 0 fully saturated rings. The van der Waals surface area contributed by atoms with Crippen molar-refractivity contribution >= 4 is 27.5 Å². The van der Waals surface area contributed by atoms with Crippen LogP contribution >= 0.6 is 27.5 Å². The number of hydrogen-bond acceptors (Lipinski definition) is 4. The normalized spacial score (nSPS) is 10.0. The van der Waals surface area contributed by atoms with Gasteiger partial charge in [-0.15, -0.1) is 0 Å². The van der Waals surface area contributed by atoms with Crippen molar-refractivity contribution in [1.82, 2.24) is 9.97 Å². The van der Waals surface area contributed by atoms with Crippen molar-refractivity contribution in [3.63, 3.8) is 0 Å². The van der Waals surface area contributed by atoms with Gasteiger partial charge in [-0.1, -0.05) is 11.6 Å². The van der Waals surface area contributed by atoms with Crippen molar-refractivity contribution < 1.29 is 9.47 Å². The van der Waals surface area contributed by atoms with Crippen molar-refractivity contribution in [3.05, 3.63) is 46.2 Å². The topological polar surface area (TPSA) is 44.2 Å². The van der Waals surface area contributed by atoms with Crippen LogP contribution in [0.25, 0.3) is 0 Å². The summed E-state index contributed by atoms with van der Waals surface area (Å²) in [5.41, 5.74) is 0. The zero-order valence-electron chi connectivity index (χ0n) is 8.64. The Hall–Kier alpha value is -1.33. The van der Waals surface area contributed by atoms with E-state index in [1.807, 2.05) is 0 Å². The van der Waals surface area contributed by atoms with Crippen molar-refractivity contribution in [1.29, 1.82) is 0 Å². The molecule has 0 radical (unpaired) electrons. The van der Waals surface area contributed by atoms with E-state index in [2.05, 4.69) is 25.9 Å². The molecule has 1 heterocycles. The Balaban J connectivity index is 1.83. The Morgan fingerprint density at radius 3 is 2.35 bits per heavy atom. The summed E-state index contributed by atoms with van der Waals surface area (Å²) in [5.74, 6) is 0.673. The Labute approximate surface area is 112 Å². The molecule has 0 N–H and O–H groups in total. The molecule has 2 aromatic rings. The number of ether oxygens (including phenoxy) is 2. The molecule has 17 heavy (non-hydrogen) atoms. The molecule has 0 bridgehead atoms. The molecule has 0 atom stereocenters. The standard InChI is InChI=1S/C11H8BrClN2O2/c12-8-5-14-11(15-6-8)17-7-16-10-3-1-9(13)2-4-10/h1-6H,7H2. The van der Waals surface area contributed by atoms with E-state index in [-0.39, 0.29) is 12.8 Å². The van der Waals surface area contributed by atoms with Crippen LogP contribution in [0.1, 0.15) is 0 Å². The first-order chi connectivity index (χ1) is 8.24. The third-order valence-electron chi connectivity index (χ3n) is 1.82. The molecule has 2 rings (SSSR count). The summed E-state index contributed by atoms with van der Waals surface area (Å²) in [6, 6.07) is 7.27. The van der Waals surface area contributed by atoms with E-state index in [0.717, 1.165) is 4.47 Å². The molecule has 1 aromatic carbocycles. The van der Waals surface area contributed by atoms with Gasteiger partial charge in [0.1, 0.15) is 5.75 Å². The Kier molecular flexibility index (Phi) is 4.17. The highest BCUT2D eigenvalue weighted by molar-refractivity contribution is 9.10. The van der Waals surface area contributed by atoms with E-state index in [9.17, 15) is 0 Å². The predicted octanol–water partition coefficient (Wildman–Crippen LogP) is 3.31. The van der Waals surface area contributed by atoms with Crippen LogP contribution in [0.2, 0.25) is 5.02 Å². The SMILES string of the molecule is Clc1ccc(OCOc2ncc(Br)cn2)cc1. The van der Waals surface area contributed by atoms with Gasteiger partial charge in [0.15, 0.2) is 0 Å². The Morgan fingerprint density at radius 2 is 1.71 bits per heavy atom. The van der Waals surface area contributed by atoms with Gasteiger partial charge in [-0.25, -0.2) is 9.97 Å². The number of benzene rings is 1. The smallest absolute Gasteiger partial charge is 0.319 e. The minimum atomic E-state index is 0.0449. The van der Waals surface area contributed by atoms with Crippen LogP contribution in [0.4, 0.5) is 0 Å². The number of halogens is 2. The molecule has 0 unspecified atom stereocenters. The monoisotopic (exact) mass is 314 g/mol. The summed E-state index contributed by atoms with van der Waals surface area (Å²) in [7, 11) is 0. The van der Waals surface area contributed by atoms with Crippen molar-refractivity contribution in [3.8, 4) is 11.8 Å². The third-order valence-corrected chi connectivity index (χ3v) is 2.49. The minimum absolute atomic E-state index is 0.0449. The summed E-state index contributed by atoms with van der Waals surface area (Å²) in [6.45, 7) is 0.0449. The van der Waals surface area contributed by atoms with Crippen LogP contribution in [-0.2, 0) is 0 Å². The highest BCUT2D eigenvalue weighted by atomic mass is 79.9. The molecule has 1 aromatic heterocycles. The van der Waals surface area contributed by atoms with Crippen molar-refractivity contribution in [2.24, 2.45) is 0 Å². The van der Waals surface area contributed by atoms with Crippen LogP contribution in [0.15, 0.2) is 41.1 Å². The maximum Gasteiger partial charge on any atom is 0.319 e. The summed E-state index contributed by atoms with van der Waals surface area (Å²) in [4.78, 5) is 7.88. The van der Waals surface area contributed by atoms with E-state index in [1.54, 1.807) is 36.7 Å². The van der Waals surface area contributed by atoms with Gasteiger partial charge in [0.25, 0.3) is 0 Å². The van der Waals surface area contributed by atoms with Crippen molar-refractivity contribution in [2.45, 2.75) is 0 Å². The van der Waals surface area contributed by atoms with E-state index < -0.39 is 0 Å². The second kappa shape index (κ2) is 5.84. The van der Waals surface area contributed by atoms with Crippen molar-refractivity contribution in [2.75, 3.05) is 6.79 Å². The quantitative estimate of drug-likeness (QED) is 0.812. The van der Waals surface area contributed by atoms with Gasteiger partial charge in [0.05, 0.1) is 4.47 Å². The van der Waals surface area contributed by atoms with Crippen LogP contribution in [-0.4, -0.2) is 16.8 Å². The van der Waals surface area contributed by atoms with Gasteiger partial charge >= 0.3 is 6.01 Å². The van der Waals surface area contributed by atoms with Crippen LogP contribution in [0.3, 0.4) is 0 Å². The third kappa shape index (κ3) is 3.87. The first-order valence-electron chi connectivity index (χ1n) is 4.73. The second-order valence-electron chi connectivity index (χ2n) is 3.04. The lowest BCUT2D eigenvalue weighted by molar-refractivity contribution is 0.110. The average molecular weight is 316 g/mol. The molecule has 0 aliphatic rings. The number of rotatable bonds is 4. The van der Waals surface area contributed by atoms with Crippen LogP contribution in [0, 0.1) is 0 Å². The zero-order valence-corrected chi connectivity index (χ0v) is 11.0. The molecule has 0 amide bonds. The summed E-state index contributed by atoms with van der Waals surface area (Å²) < 4.78 is 11.3. The van der Waals surface area contributed by atoms with E-state index >= 15 is 0 Å². The van der Waals surface area contributed by atoms with Crippen LogP contribution < -0.4 is 9.47 Å². The van der Waals surface area contributed by atoms with Gasteiger partial charge in [-0.2, -0.15) is 0 Å². The first-order valence-corrected chi connectivity index (χ1v) is 5.90. The first kappa shape index (κ1) is 12.1. The molecule has 0 spiro atoms. The highest BCUT2D eigenvalue weighted by Gasteiger charge is 1.98. The lowest BCUT2D eigenvalue weighted by Gasteiger charge is -2.06. The Morgan fingerprint density at radius 1 is 1.06 bits per heavy atom. The molecular formula is C11H8BrClN2O2. The molecule has 0 aliphatic carbocycles. The van der Waals surface area contributed by atoms with Gasteiger partial charge in [0, 0.05) is 17.4 Å². The molecule has 6 heteroatoms. The molecule has 88 valence electrons. The largest absolute Gasteiger partial charge is 0.457 e. The van der Waals surface area contributed by atoms with Gasteiger partial charge in [0.2, 0.25) is 6.79 Å². The Bertz CT molecular complexity index is 430. The lowest BCUT2D eigenvalue weighted by atomic mass is 10.3. The minimum Gasteiger partial charge on any atom is -0.457 e. The number of aromatic nitrogens is 2. The summed E-state index contributed by atoms with van der Waals surface area (Å²) in [6.07, 6.45) is 3.20.